The van der Waals surface area contributed by atoms with Crippen LogP contribution in [0.3, 0.4) is 0 Å². The Kier molecular flexibility index (Phi) is 6.89. The quantitative estimate of drug-likeness (QED) is 0.296. The molecule has 0 aromatic heterocycles. The van der Waals surface area contributed by atoms with Crippen molar-refractivity contribution in [2.45, 2.75) is 62.0 Å². The number of ether oxygens (including phenoxy) is 1. The molecule has 4 atom stereocenters. The number of sulfonamides is 1. The van der Waals surface area contributed by atoms with E-state index in [0.717, 1.165) is 6.42 Å². The molecule has 7 nitrogen and oxygen atoms in total. The molecular weight excluding hydrogens is 570 g/mol. The van der Waals surface area contributed by atoms with Crippen molar-refractivity contribution < 1.29 is 26.4 Å². The molecule has 2 bridgehead atoms. The highest BCUT2D eigenvalue weighted by atomic mass is 32.2. The molecule has 0 spiro atoms. The minimum atomic E-state index is -3.95. The SMILES string of the molecule is CC1=C(C(=O)O[C@@H]2C[C@H]3CC[C@]2(CS(=O)(=O)c2ccccc2)C3(C)C)[C@@H](c2ccccc2)N1S(=O)(=O)c1ccccc1. The summed E-state index contributed by atoms with van der Waals surface area (Å²) in [7, 11) is -7.60. The predicted molar refractivity (Wildman–Crippen MR) is 159 cm³/mol. The van der Waals surface area contributed by atoms with Crippen molar-refractivity contribution in [3.63, 3.8) is 0 Å². The van der Waals surface area contributed by atoms with Gasteiger partial charge in [0.05, 0.1) is 21.1 Å². The molecule has 3 aliphatic rings. The zero-order valence-corrected chi connectivity index (χ0v) is 25.6. The van der Waals surface area contributed by atoms with Crippen LogP contribution in [-0.4, -0.2) is 39.0 Å². The average Bonchev–Trinajstić information content (AvgIpc) is 3.32. The van der Waals surface area contributed by atoms with Gasteiger partial charge in [0.2, 0.25) is 0 Å². The van der Waals surface area contributed by atoms with E-state index in [1.54, 1.807) is 79.7 Å². The molecule has 0 saturated heterocycles. The lowest BCUT2D eigenvalue weighted by molar-refractivity contribution is -0.153. The van der Waals surface area contributed by atoms with Crippen molar-refractivity contribution in [3.8, 4) is 0 Å². The van der Waals surface area contributed by atoms with Crippen molar-refractivity contribution >= 4 is 25.8 Å². The first-order chi connectivity index (χ1) is 19.9. The van der Waals surface area contributed by atoms with Crippen LogP contribution in [0.2, 0.25) is 0 Å². The lowest BCUT2D eigenvalue weighted by atomic mass is 9.69. The Morgan fingerprint density at radius 3 is 1.98 bits per heavy atom. The van der Waals surface area contributed by atoms with Gasteiger partial charge in [-0.25, -0.2) is 21.6 Å². The number of sulfone groups is 1. The van der Waals surface area contributed by atoms with E-state index in [1.165, 1.54) is 16.4 Å². The van der Waals surface area contributed by atoms with Crippen LogP contribution in [0, 0.1) is 16.7 Å². The van der Waals surface area contributed by atoms with Gasteiger partial charge in [0.15, 0.2) is 9.84 Å². The molecule has 2 fully saturated rings. The topological polar surface area (TPSA) is 97.8 Å². The number of esters is 1. The molecule has 1 heterocycles. The van der Waals surface area contributed by atoms with Crippen molar-refractivity contribution in [2.24, 2.45) is 16.7 Å². The third kappa shape index (κ3) is 4.31. The summed E-state index contributed by atoms with van der Waals surface area (Å²) in [5.74, 6) is -0.483. The van der Waals surface area contributed by atoms with Gasteiger partial charge in [-0.2, -0.15) is 0 Å². The summed E-state index contributed by atoms with van der Waals surface area (Å²) in [4.78, 5) is 14.4. The van der Waals surface area contributed by atoms with Gasteiger partial charge in [-0.1, -0.05) is 80.6 Å². The number of benzene rings is 3. The fraction of sp³-hybridized carbons (Fsp3) is 0.364. The van der Waals surface area contributed by atoms with E-state index in [-0.39, 0.29) is 32.4 Å². The molecular formula is C33H35NO6S2. The monoisotopic (exact) mass is 605 g/mol. The van der Waals surface area contributed by atoms with E-state index >= 15 is 0 Å². The van der Waals surface area contributed by atoms with Crippen LogP contribution in [0.15, 0.2) is 112 Å². The predicted octanol–water partition coefficient (Wildman–Crippen LogP) is 5.92. The second-order valence-corrected chi connectivity index (χ2v) is 16.0. The largest absolute Gasteiger partial charge is 0.458 e. The van der Waals surface area contributed by atoms with Crippen LogP contribution in [0.5, 0.6) is 0 Å². The summed E-state index contributed by atoms with van der Waals surface area (Å²) < 4.78 is 62.3. The minimum absolute atomic E-state index is 0.111. The molecule has 0 amide bonds. The maximum absolute atomic E-state index is 14.0. The van der Waals surface area contributed by atoms with Gasteiger partial charge in [0.25, 0.3) is 10.0 Å². The van der Waals surface area contributed by atoms with Crippen LogP contribution < -0.4 is 0 Å². The first-order valence-electron chi connectivity index (χ1n) is 14.2. The van der Waals surface area contributed by atoms with Crippen LogP contribution in [-0.2, 0) is 29.4 Å². The van der Waals surface area contributed by atoms with Gasteiger partial charge in [-0.15, -0.1) is 0 Å². The van der Waals surface area contributed by atoms with E-state index in [4.69, 9.17) is 4.74 Å². The Morgan fingerprint density at radius 2 is 1.40 bits per heavy atom. The second kappa shape index (κ2) is 10.1. The van der Waals surface area contributed by atoms with Crippen molar-refractivity contribution in [3.05, 3.63) is 108 Å². The van der Waals surface area contributed by atoms with Crippen LogP contribution >= 0.6 is 0 Å². The first-order valence-corrected chi connectivity index (χ1v) is 17.3. The molecule has 0 unspecified atom stereocenters. The van der Waals surface area contributed by atoms with Gasteiger partial charge in [0, 0.05) is 11.1 Å². The number of nitrogens with zero attached hydrogens (tertiary/aromatic N) is 1. The van der Waals surface area contributed by atoms with Crippen LogP contribution in [0.25, 0.3) is 0 Å². The molecule has 3 aromatic carbocycles. The summed E-state index contributed by atoms with van der Waals surface area (Å²) in [6.45, 7) is 5.80. The highest BCUT2D eigenvalue weighted by Gasteiger charge is 2.67. The third-order valence-electron chi connectivity index (χ3n) is 10.0. The first kappa shape index (κ1) is 28.7. The average molecular weight is 606 g/mol. The molecule has 6 rings (SSSR count). The number of rotatable bonds is 8. The maximum Gasteiger partial charge on any atom is 0.338 e. The maximum atomic E-state index is 14.0. The summed E-state index contributed by atoms with van der Waals surface area (Å²) in [5.41, 5.74) is 0.139. The Balaban J connectivity index is 1.35. The highest BCUT2D eigenvalue weighted by molar-refractivity contribution is 7.91. The van der Waals surface area contributed by atoms with Gasteiger partial charge in [-0.3, -0.25) is 4.31 Å². The third-order valence-corrected chi connectivity index (χ3v) is 13.8. The van der Waals surface area contributed by atoms with Gasteiger partial charge < -0.3 is 4.74 Å². The van der Waals surface area contributed by atoms with Gasteiger partial charge in [-0.05, 0) is 67.3 Å². The number of allylic oxidation sites excluding steroid dienone is 1. The molecule has 0 N–H and O–H groups in total. The van der Waals surface area contributed by atoms with Crippen LogP contribution in [0.4, 0.5) is 0 Å². The fourth-order valence-electron chi connectivity index (χ4n) is 7.53. The van der Waals surface area contributed by atoms with Crippen molar-refractivity contribution in [1.29, 1.82) is 0 Å². The fourth-order valence-corrected chi connectivity index (χ4v) is 11.3. The highest BCUT2D eigenvalue weighted by Crippen LogP contribution is 2.67. The Morgan fingerprint density at radius 1 is 0.857 bits per heavy atom. The zero-order chi connectivity index (χ0) is 29.9. The van der Waals surface area contributed by atoms with E-state index in [9.17, 15) is 21.6 Å². The summed E-state index contributed by atoms with van der Waals surface area (Å²) in [5, 5.41) is 0. The Labute approximate surface area is 248 Å². The lowest BCUT2D eigenvalue weighted by Gasteiger charge is -2.45. The second-order valence-electron chi connectivity index (χ2n) is 12.2. The number of carbonyl (C=O) groups excluding carboxylic acids is 1. The lowest BCUT2D eigenvalue weighted by Crippen LogP contribution is -2.49. The smallest absolute Gasteiger partial charge is 0.338 e. The Hall–Kier alpha value is -3.43. The standard InChI is InChI=1S/C33H35NO6S2/c1-23-29(30(24-13-7-4-8-14-24)34(23)42(38,39)27-17-11-6-12-18-27)31(35)40-28-21-25-19-20-33(28,32(25,2)3)22-41(36,37)26-15-9-5-10-16-26/h4-18,25,28,30H,19-22H2,1-3H3/t25-,28-,30-,33-/m1/s1. The summed E-state index contributed by atoms with van der Waals surface area (Å²) in [6.07, 6.45) is 1.50. The normalized spacial score (nSPS) is 26.6. The summed E-state index contributed by atoms with van der Waals surface area (Å²) >= 11 is 0. The molecule has 1 aliphatic heterocycles. The van der Waals surface area contributed by atoms with Crippen LogP contribution in [0.1, 0.15) is 51.6 Å². The molecule has 9 heteroatoms. The number of hydrogen-bond acceptors (Lipinski definition) is 6. The molecule has 2 saturated carbocycles. The van der Waals surface area contributed by atoms with E-state index in [1.807, 2.05) is 6.07 Å². The number of carbonyl (C=O) groups is 1. The van der Waals surface area contributed by atoms with Crippen molar-refractivity contribution in [2.75, 3.05) is 5.75 Å². The molecule has 3 aromatic rings. The molecule has 0 radical (unpaired) electrons. The molecule has 220 valence electrons. The zero-order valence-electron chi connectivity index (χ0n) is 23.9. The van der Waals surface area contributed by atoms with E-state index < -0.39 is 43.4 Å². The summed E-state index contributed by atoms with van der Waals surface area (Å²) in [6, 6.07) is 24.8. The number of hydrogen-bond donors (Lipinski definition) is 0. The number of fused-ring (bicyclic) bond motifs is 2. The molecule has 42 heavy (non-hydrogen) atoms. The molecule has 2 aliphatic carbocycles. The minimum Gasteiger partial charge on any atom is -0.458 e. The van der Waals surface area contributed by atoms with Gasteiger partial charge >= 0.3 is 5.97 Å². The van der Waals surface area contributed by atoms with E-state index in [2.05, 4.69) is 13.8 Å². The van der Waals surface area contributed by atoms with Gasteiger partial charge in [0.1, 0.15) is 12.1 Å². The van der Waals surface area contributed by atoms with Crippen molar-refractivity contribution in [1.82, 2.24) is 4.31 Å². The van der Waals surface area contributed by atoms with E-state index in [0.29, 0.717) is 24.1 Å². The Bertz CT molecular complexity index is 1750.